The summed E-state index contributed by atoms with van der Waals surface area (Å²) in [5.41, 5.74) is 14.0. The quantitative estimate of drug-likeness (QED) is 0.515. The van der Waals surface area contributed by atoms with Gasteiger partial charge in [-0.05, 0) is 35.9 Å². The van der Waals surface area contributed by atoms with E-state index in [9.17, 15) is 0 Å². The van der Waals surface area contributed by atoms with E-state index in [-0.39, 0.29) is 17.2 Å². The first-order valence-electron chi connectivity index (χ1n) is 7.47. The van der Waals surface area contributed by atoms with Gasteiger partial charge in [0.15, 0.2) is 0 Å². The monoisotopic (exact) mass is 411 g/mol. The molecule has 3 rings (SSSR count). The van der Waals surface area contributed by atoms with Crippen LogP contribution in [0.5, 0.6) is 0 Å². The summed E-state index contributed by atoms with van der Waals surface area (Å²) in [5.74, 6) is -0.422. The van der Waals surface area contributed by atoms with Gasteiger partial charge in [0.25, 0.3) is 5.97 Å². The molecule has 8 N–H and O–H groups in total. The van der Waals surface area contributed by atoms with E-state index in [1.165, 1.54) is 0 Å². The van der Waals surface area contributed by atoms with E-state index in [0.29, 0.717) is 27.5 Å². The Balaban J connectivity index is 0.000000666. The van der Waals surface area contributed by atoms with E-state index in [0.717, 1.165) is 18.2 Å². The number of nitrogen functional groups attached to an aromatic ring is 2. The maximum atomic E-state index is 9.00. The Morgan fingerprint density at radius 3 is 2.30 bits per heavy atom. The second-order valence-corrected chi connectivity index (χ2v) is 6.09. The Morgan fingerprint density at radius 2 is 1.70 bits per heavy atom. The summed E-state index contributed by atoms with van der Waals surface area (Å²) < 4.78 is 0. The summed E-state index contributed by atoms with van der Waals surface area (Å²) >= 11 is 12.3. The number of aromatic nitrogens is 2. The van der Waals surface area contributed by atoms with Crippen LogP contribution in [0, 0.1) is 0 Å². The zero-order valence-corrected chi connectivity index (χ0v) is 15.8. The second-order valence-electron chi connectivity index (χ2n) is 5.28. The van der Waals surface area contributed by atoms with Gasteiger partial charge in [0.2, 0.25) is 5.95 Å². The minimum absolute atomic E-state index is 0. The number of hydrogen-bond donors (Lipinski definition) is 4. The lowest BCUT2D eigenvalue weighted by atomic mass is 10.1. The molecule has 0 bridgehead atoms. The van der Waals surface area contributed by atoms with Gasteiger partial charge in [-0.2, -0.15) is 4.98 Å². The molecule has 3 aromatic rings. The molecule has 2 aromatic carbocycles. The number of nitrogens with one attached hydrogen (secondary N) is 1. The van der Waals surface area contributed by atoms with Crippen molar-refractivity contribution in [2.75, 3.05) is 16.8 Å². The molecule has 0 fully saturated rings. The number of benzene rings is 2. The van der Waals surface area contributed by atoms with Crippen LogP contribution in [0.1, 0.15) is 12.5 Å². The largest absolute Gasteiger partial charge is 0.481 e. The van der Waals surface area contributed by atoms with Gasteiger partial charge >= 0.3 is 0 Å². The standard InChI is InChI=1S/C15H13Cl2N5.C2H4O2.H2O/c16-9-2-4-10(5-3-9)20-7-8-1-6-11-12(13(8)17)14(18)22-15(19)21-11;1-2(3)4;/h1-6,20H,7H2,(H4,18,19,21,22);1H3,(H,3,4);1H2. The highest BCUT2D eigenvalue weighted by atomic mass is 35.5. The molecule has 144 valence electrons. The number of nitrogens with two attached hydrogens (primary N) is 2. The van der Waals surface area contributed by atoms with Crippen LogP contribution in [0.2, 0.25) is 10.0 Å². The normalized spacial score (nSPS) is 9.74. The summed E-state index contributed by atoms with van der Waals surface area (Å²) in [6.07, 6.45) is 0. The topological polar surface area (TPSA) is 159 Å². The lowest BCUT2D eigenvalue weighted by molar-refractivity contribution is -0.134. The van der Waals surface area contributed by atoms with Crippen molar-refractivity contribution in [3.63, 3.8) is 0 Å². The number of nitrogens with zero attached hydrogens (tertiary/aromatic N) is 2. The van der Waals surface area contributed by atoms with Crippen LogP contribution >= 0.6 is 23.2 Å². The second kappa shape index (κ2) is 9.77. The maximum Gasteiger partial charge on any atom is 0.300 e. The van der Waals surface area contributed by atoms with Crippen molar-refractivity contribution in [1.82, 2.24) is 9.97 Å². The van der Waals surface area contributed by atoms with Crippen LogP contribution in [0.15, 0.2) is 36.4 Å². The minimum Gasteiger partial charge on any atom is -0.481 e. The van der Waals surface area contributed by atoms with Gasteiger partial charge in [-0.3, -0.25) is 4.79 Å². The minimum atomic E-state index is -0.833. The average Bonchev–Trinajstić information content (AvgIpc) is 2.54. The fourth-order valence-corrected chi connectivity index (χ4v) is 2.62. The van der Waals surface area contributed by atoms with Gasteiger partial charge in [-0.1, -0.05) is 29.3 Å². The van der Waals surface area contributed by atoms with Gasteiger partial charge in [0, 0.05) is 24.2 Å². The zero-order chi connectivity index (χ0) is 19.3. The molecule has 0 saturated carbocycles. The van der Waals surface area contributed by atoms with Gasteiger partial charge in [-0.25, -0.2) is 4.98 Å². The van der Waals surface area contributed by atoms with Crippen LogP contribution < -0.4 is 16.8 Å². The predicted molar refractivity (Wildman–Crippen MR) is 109 cm³/mol. The fourth-order valence-electron chi connectivity index (χ4n) is 2.18. The first kappa shape index (κ1) is 22.2. The lowest BCUT2D eigenvalue weighted by Gasteiger charge is -2.11. The lowest BCUT2D eigenvalue weighted by Crippen LogP contribution is -2.04. The van der Waals surface area contributed by atoms with Crippen molar-refractivity contribution in [3.05, 3.63) is 52.0 Å². The molecule has 0 amide bonds. The smallest absolute Gasteiger partial charge is 0.300 e. The summed E-state index contributed by atoms with van der Waals surface area (Å²) in [6.45, 7) is 1.63. The molecule has 0 aliphatic carbocycles. The third-order valence-electron chi connectivity index (χ3n) is 3.25. The molecule has 0 saturated heterocycles. The maximum absolute atomic E-state index is 9.00. The number of rotatable bonds is 3. The SMILES string of the molecule is CC(=O)O.Nc1nc(N)c2c(Cl)c(CNc3ccc(Cl)cc3)ccc2n1.O. The highest BCUT2D eigenvalue weighted by Crippen LogP contribution is 2.30. The third-order valence-corrected chi connectivity index (χ3v) is 3.94. The van der Waals surface area contributed by atoms with Gasteiger partial charge in [-0.15, -0.1) is 0 Å². The third kappa shape index (κ3) is 6.14. The Kier molecular flexibility index (Phi) is 8.04. The molecule has 0 aliphatic rings. The highest BCUT2D eigenvalue weighted by molar-refractivity contribution is 6.37. The predicted octanol–water partition coefficient (Wildman–Crippen LogP) is 2.98. The number of hydrogen-bond acceptors (Lipinski definition) is 6. The number of carboxylic acids is 1. The van der Waals surface area contributed by atoms with Gasteiger partial charge in [0.05, 0.1) is 15.9 Å². The van der Waals surface area contributed by atoms with Crippen molar-refractivity contribution >= 4 is 57.5 Å². The Hall–Kier alpha value is -2.81. The number of carboxylic acid groups (broad SMARTS) is 1. The summed E-state index contributed by atoms with van der Waals surface area (Å²) in [7, 11) is 0. The molecule has 10 heteroatoms. The van der Waals surface area contributed by atoms with Crippen molar-refractivity contribution in [2.24, 2.45) is 0 Å². The van der Waals surface area contributed by atoms with Crippen LogP contribution in [-0.4, -0.2) is 26.5 Å². The number of fused-ring (bicyclic) bond motifs is 1. The molecule has 0 unspecified atom stereocenters. The Morgan fingerprint density at radius 1 is 1.11 bits per heavy atom. The molecule has 0 atom stereocenters. The average molecular weight is 412 g/mol. The van der Waals surface area contributed by atoms with Crippen molar-refractivity contribution in [3.8, 4) is 0 Å². The van der Waals surface area contributed by atoms with Crippen molar-refractivity contribution in [1.29, 1.82) is 0 Å². The van der Waals surface area contributed by atoms with E-state index >= 15 is 0 Å². The van der Waals surface area contributed by atoms with E-state index in [1.54, 1.807) is 0 Å². The zero-order valence-electron chi connectivity index (χ0n) is 14.3. The van der Waals surface area contributed by atoms with Gasteiger partial charge in [0.1, 0.15) is 5.82 Å². The molecular formula is C17H19Cl2N5O3. The van der Waals surface area contributed by atoms with E-state index in [4.69, 9.17) is 44.6 Å². The Labute approximate surface area is 165 Å². The van der Waals surface area contributed by atoms with Crippen LogP contribution in [0.3, 0.4) is 0 Å². The summed E-state index contributed by atoms with van der Waals surface area (Å²) in [5, 5.41) is 12.5. The number of halogens is 2. The molecule has 1 heterocycles. The van der Waals surface area contributed by atoms with Crippen LogP contribution in [0.25, 0.3) is 10.9 Å². The molecule has 1 aromatic heterocycles. The van der Waals surface area contributed by atoms with Crippen LogP contribution in [-0.2, 0) is 11.3 Å². The number of carbonyl (C=O) groups is 1. The molecule has 8 nitrogen and oxygen atoms in total. The molecule has 0 aliphatic heterocycles. The fraction of sp³-hybridized carbons (Fsp3) is 0.118. The van der Waals surface area contributed by atoms with E-state index in [2.05, 4.69) is 15.3 Å². The Bertz CT molecular complexity index is 932. The first-order valence-corrected chi connectivity index (χ1v) is 8.22. The molecular weight excluding hydrogens is 393 g/mol. The van der Waals surface area contributed by atoms with Crippen LogP contribution in [0.4, 0.5) is 17.5 Å². The van der Waals surface area contributed by atoms with E-state index in [1.807, 2.05) is 36.4 Å². The molecule has 0 spiro atoms. The summed E-state index contributed by atoms with van der Waals surface area (Å²) in [6, 6.07) is 11.2. The first-order chi connectivity index (χ1) is 12.3. The molecule has 0 radical (unpaired) electrons. The van der Waals surface area contributed by atoms with Crippen molar-refractivity contribution in [2.45, 2.75) is 13.5 Å². The number of aliphatic carboxylic acids is 1. The highest BCUT2D eigenvalue weighted by Gasteiger charge is 2.11. The van der Waals surface area contributed by atoms with Crippen molar-refractivity contribution < 1.29 is 15.4 Å². The number of anilines is 3. The van der Waals surface area contributed by atoms with E-state index < -0.39 is 5.97 Å². The molecule has 27 heavy (non-hydrogen) atoms. The van der Waals surface area contributed by atoms with Gasteiger partial charge < -0.3 is 27.4 Å². The summed E-state index contributed by atoms with van der Waals surface area (Å²) in [4.78, 5) is 17.1.